The largest absolute Gasteiger partial charge is 0.315 e. The van der Waals surface area contributed by atoms with Crippen molar-refractivity contribution in [2.75, 3.05) is 13.1 Å². The topological polar surface area (TPSA) is 58.2 Å². The second-order valence-electron chi connectivity index (χ2n) is 4.12. The highest BCUT2D eigenvalue weighted by Crippen LogP contribution is 2.13. The van der Waals surface area contributed by atoms with Gasteiger partial charge in [-0.15, -0.1) is 0 Å². The third-order valence-electron chi connectivity index (χ3n) is 2.74. The monoisotopic (exact) mass is 366 g/mol. The van der Waals surface area contributed by atoms with E-state index in [1.54, 1.807) is 24.3 Å². The van der Waals surface area contributed by atoms with Gasteiger partial charge in [0, 0.05) is 16.2 Å². The maximum absolute atomic E-state index is 12.1. The van der Waals surface area contributed by atoms with E-state index in [0.29, 0.717) is 11.4 Å². The molecule has 6 heteroatoms. The van der Waals surface area contributed by atoms with Crippen molar-refractivity contribution in [1.82, 2.24) is 10.0 Å². The van der Waals surface area contributed by atoms with Gasteiger partial charge in [-0.3, -0.25) is 0 Å². The van der Waals surface area contributed by atoms with Crippen LogP contribution >= 0.6 is 22.6 Å². The summed E-state index contributed by atoms with van der Waals surface area (Å²) in [6.07, 6.45) is 1.91. The Kier molecular flexibility index (Phi) is 4.40. The van der Waals surface area contributed by atoms with Gasteiger partial charge >= 0.3 is 0 Å². The lowest BCUT2D eigenvalue weighted by Crippen LogP contribution is -2.45. The number of nitrogens with one attached hydrogen (secondary N) is 2. The fraction of sp³-hybridized carbons (Fsp3) is 0.455. The predicted octanol–water partition coefficient (Wildman–Crippen LogP) is 1.32. The summed E-state index contributed by atoms with van der Waals surface area (Å²) < 4.78 is 27.9. The van der Waals surface area contributed by atoms with Crippen LogP contribution in [-0.2, 0) is 10.0 Å². The lowest BCUT2D eigenvalue weighted by Gasteiger charge is -2.23. The molecular formula is C11H15IN2O2S. The molecule has 0 radical (unpaired) electrons. The molecule has 4 nitrogen and oxygen atoms in total. The molecule has 0 unspecified atom stereocenters. The number of piperidine rings is 1. The number of rotatable bonds is 3. The van der Waals surface area contributed by atoms with E-state index < -0.39 is 10.0 Å². The minimum atomic E-state index is -3.37. The summed E-state index contributed by atoms with van der Waals surface area (Å²) in [5.74, 6) is 0. The first-order valence-corrected chi connectivity index (χ1v) is 8.13. The molecule has 1 atom stereocenters. The van der Waals surface area contributed by atoms with Crippen molar-refractivity contribution in [3.8, 4) is 0 Å². The Labute approximate surface area is 115 Å². The summed E-state index contributed by atoms with van der Waals surface area (Å²) in [5.41, 5.74) is 0. The van der Waals surface area contributed by atoms with Gasteiger partial charge < -0.3 is 5.32 Å². The molecule has 1 heterocycles. The summed E-state index contributed by atoms with van der Waals surface area (Å²) in [6.45, 7) is 1.69. The third-order valence-corrected chi connectivity index (χ3v) is 5.00. The molecule has 17 heavy (non-hydrogen) atoms. The summed E-state index contributed by atoms with van der Waals surface area (Å²) in [4.78, 5) is 0.337. The molecule has 0 amide bonds. The number of hydrogen-bond donors (Lipinski definition) is 2. The average Bonchev–Trinajstić information content (AvgIpc) is 2.30. The molecule has 0 aromatic heterocycles. The summed E-state index contributed by atoms with van der Waals surface area (Å²) in [7, 11) is -3.37. The second kappa shape index (κ2) is 5.64. The van der Waals surface area contributed by atoms with Crippen molar-refractivity contribution in [3.05, 3.63) is 27.8 Å². The standard InChI is InChI=1S/C11H15IN2O2S/c12-9-3-5-11(6-4-9)17(15,16)14-10-2-1-7-13-8-10/h3-6,10,13-14H,1-2,7-8H2/t10-/m0/s1. The van der Waals surface area contributed by atoms with Crippen molar-refractivity contribution < 1.29 is 8.42 Å². The van der Waals surface area contributed by atoms with Crippen LogP contribution in [0, 0.1) is 3.57 Å². The van der Waals surface area contributed by atoms with E-state index in [2.05, 4.69) is 32.6 Å². The van der Waals surface area contributed by atoms with Gasteiger partial charge in [-0.25, -0.2) is 13.1 Å². The van der Waals surface area contributed by atoms with Crippen molar-refractivity contribution in [1.29, 1.82) is 0 Å². The molecule has 0 saturated carbocycles. The van der Waals surface area contributed by atoms with Gasteiger partial charge in [0.1, 0.15) is 0 Å². The van der Waals surface area contributed by atoms with E-state index in [-0.39, 0.29) is 6.04 Å². The van der Waals surface area contributed by atoms with Gasteiger partial charge in [-0.1, -0.05) is 0 Å². The van der Waals surface area contributed by atoms with E-state index in [4.69, 9.17) is 0 Å². The zero-order valence-electron chi connectivity index (χ0n) is 9.32. The van der Waals surface area contributed by atoms with Crippen molar-refractivity contribution in [3.63, 3.8) is 0 Å². The van der Waals surface area contributed by atoms with Crippen LogP contribution in [0.15, 0.2) is 29.2 Å². The predicted molar refractivity (Wildman–Crippen MR) is 75.4 cm³/mol. The Balaban J connectivity index is 2.10. The van der Waals surface area contributed by atoms with Gasteiger partial charge in [-0.2, -0.15) is 0 Å². The van der Waals surface area contributed by atoms with Crippen LogP contribution in [0.5, 0.6) is 0 Å². The van der Waals surface area contributed by atoms with Crippen LogP contribution in [0.3, 0.4) is 0 Å². The van der Waals surface area contributed by atoms with E-state index in [1.807, 2.05) is 0 Å². The first-order chi connectivity index (χ1) is 8.08. The quantitative estimate of drug-likeness (QED) is 0.794. The highest BCUT2D eigenvalue weighted by molar-refractivity contribution is 14.1. The molecule has 1 fully saturated rings. The fourth-order valence-electron chi connectivity index (χ4n) is 1.85. The van der Waals surface area contributed by atoms with E-state index in [0.717, 1.165) is 23.0 Å². The summed E-state index contributed by atoms with van der Waals surface area (Å²) in [6, 6.07) is 6.89. The Morgan fingerprint density at radius 2 is 2.00 bits per heavy atom. The summed E-state index contributed by atoms with van der Waals surface area (Å²) in [5, 5.41) is 3.19. The van der Waals surface area contributed by atoms with E-state index in [1.165, 1.54) is 0 Å². The van der Waals surface area contributed by atoms with Gasteiger partial charge in [0.15, 0.2) is 0 Å². The highest BCUT2D eigenvalue weighted by atomic mass is 127. The van der Waals surface area contributed by atoms with Crippen LogP contribution < -0.4 is 10.0 Å². The molecule has 0 bridgehead atoms. The first kappa shape index (κ1) is 13.3. The number of sulfonamides is 1. The van der Waals surface area contributed by atoms with Gasteiger partial charge in [0.05, 0.1) is 4.90 Å². The van der Waals surface area contributed by atoms with Crippen LogP contribution in [0.4, 0.5) is 0 Å². The van der Waals surface area contributed by atoms with Crippen LogP contribution in [0.25, 0.3) is 0 Å². The van der Waals surface area contributed by atoms with E-state index >= 15 is 0 Å². The fourth-order valence-corrected chi connectivity index (χ4v) is 3.48. The SMILES string of the molecule is O=S(=O)(N[C@H]1CCCNC1)c1ccc(I)cc1. The molecule has 2 N–H and O–H groups in total. The minimum absolute atomic E-state index is 0.00743. The van der Waals surface area contributed by atoms with Crippen molar-refractivity contribution in [2.45, 2.75) is 23.8 Å². The zero-order chi connectivity index (χ0) is 12.3. The summed E-state index contributed by atoms with van der Waals surface area (Å²) >= 11 is 2.15. The molecule has 0 spiro atoms. The Hall–Kier alpha value is -0.180. The molecule has 1 saturated heterocycles. The molecule has 0 aliphatic carbocycles. The second-order valence-corrected chi connectivity index (χ2v) is 7.08. The van der Waals surface area contributed by atoms with E-state index in [9.17, 15) is 8.42 Å². The number of halogens is 1. The highest BCUT2D eigenvalue weighted by Gasteiger charge is 2.21. The van der Waals surface area contributed by atoms with Gasteiger partial charge in [0.25, 0.3) is 0 Å². The molecule has 1 aliphatic heterocycles. The van der Waals surface area contributed by atoms with Crippen LogP contribution in [0.2, 0.25) is 0 Å². The lowest BCUT2D eigenvalue weighted by atomic mass is 10.1. The molecule has 1 aromatic rings. The number of hydrogen-bond acceptors (Lipinski definition) is 3. The molecule has 1 aliphatic rings. The Morgan fingerprint density at radius 3 is 2.59 bits per heavy atom. The van der Waals surface area contributed by atoms with Gasteiger partial charge in [0.2, 0.25) is 10.0 Å². The van der Waals surface area contributed by atoms with Gasteiger partial charge in [-0.05, 0) is 66.2 Å². The van der Waals surface area contributed by atoms with Crippen molar-refractivity contribution >= 4 is 32.6 Å². The molecule has 94 valence electrons. The Bertz CT molecular complexity index is 467. The smallest absolute Gasteiger partial charge is 0.240 e. The molecule has 2 rings (SSSR count). The zero-order valence-corrected chi connectivity index (χ0v) is 12.3. The average molecular weight is 366 g/mol. The Morgan fingerprint density at radius 1 is 1.29 bits per heavy atom. The third kappa shape index (κ3) is 3.64. The first-order valence-electron chi connectivity index (χ1n) is 5.56. The maximum Gasteiger partial charge on any atom is 0.240 e. The number of benzene rings is 1. The van der Waals surface area contributed by atoms with Crippen molar-refractivity contribution in [2.24, 2.45) is 0 Å². The maximum atomic E-state index is 12.1. The van der Waals surface area contributed by atoms with Crippen LogP contribution in [0.1, 0.15) is 12.8 Å². The minimum Gasteiger partial charge on any atom is -0.315 e. The molecule has 1 aromatic carbocycles. The normalized spacial score (nSPS) is 21.4. The lowest BCUT2D eigenvalue weighted by molar-refractivity contribution is 0.428. The van der Waals surface area contributed by atoms with Crippen LogP contribution in [-0.4, -0.2) is 27.5 Å². The molecular weight excluding hydrogens is 351 g/mol.